The van der Waals surface area contributed by atoms with Gasteiger partial charge in [0.15, 0.2) is 0 Å². The number of hydrogen-bond acceptors (Lipinski definition) is 5. The van der Waals surface area contributed by atoms with E-state index in [1.54, 1.807) is 19.2 Å². The molecule has 0 unspecified atom stereocenters. The van der Waals surface area contributed by atoms with Gasteiger partial charge in [-0.05, 0) is 48.5 Å². The Labute approximate surface area is 188 Å². The van der Waals surface area contributed by atoms with E-state index >= 15 is 0 Å². The van der Waals surface area contributed by atoms with E-state index in [1.165, 1.54) is 30.5 Å². The molecule has 8 nitrogen and oxygen atoms in total. The van der Waals surface area contributed by atoms with Crippen molar-refractivity contribution in [2.45, 2.75) is 17.5 Å². The molecule has 32 heavy (non-hydrogen) atoms. The Kier molecular flexibility index (Phi) is 7.68. The van der Waals surface area contributed by atoms with Crippen LogP contribution in [0.15, 0.2) is 76.2 Å². The average Bonchev–Trinajstić information content (AvgIpc) is 3.32. The van der Waals surface area contributed by atoms with E-state index in [0.717, 1.165) is 16.2 Å². The minimum Gasteiger partial charge on any atom is -0.496 e. The molecule has 0 saturated carbocycles. The van der Waals surface area contributed by atoms with Crippen molar-refractivity contribution in [3.63, 3.8) is 0 Å². The van der Waals surface area contributed by atoms with Crippen LogP contribution in [0.4, 0.5) is 0 Å². The van der Waals surface area contributed by atoms with Gasteiger partial charge in [-0.15, -0.1) is 0 Å². The lowest BCUT2D eigenvalue weighted by molar-refractivity contribution is -0.890. The molecule has 3 N–H and O–H groups in total. The Balaban J connectivity index is 1.65. The second kappa shape index (κ2) is 10.4. The molecule has 170 valence electrons. The molecule has 3 aromatic rings. The third-order valence-electron chi connectivity index (χ3n) is 5.12. The number of methoxy groups -OCH3 is 1. The number of carbonyl (C=O) groups excluding carboxylic acids is 1. The van der Waals surface area contributed by atoms with Crippen LogP contribution < -0.4 is 19.7 Å². The average molecular weight is 459 g/mol. The maximum Gasteiger partial charge on any atom is 0.251 e. The van der Waals surface area contributed by atoms with Crippen molar-refractivity contribution in [2.75, 3.05) is 27.7 Å². The van der Waals surface area contributed by atoms with Gasteiger partial charge in [-0.1, -0.05) is 12.1 Å². The number of rotatable bonds is 10. The predicted molar refractivity (Wildman–Crippen MR) is 120 cm³/mol. The van der Waals surface area contributed by atoms with Crippen molar-refractivity contribution in [1.82, 2.24) is 10.0 Å². The summed E-state index contributed by atoms with van der Waals surface area (Å²) in [5, 5.41) is 2.94. The lowest BCUT2D eigenvalue weighted by Gasteiger charge is -2.23. The van der Waals surface area contributed by atoms with Crippen molar-refractivity contribution in [3.05, 3.63) is 83.8 Å². The molecular weight excluding hydrogens is 430 g/mol. The fourth-order valence-corrected chi connectivity index (χ4v) is 4.32. The number of nitrogens with one attached hydrogen (secondary N) is 3. The number of likely N-dealkylation sites (N-methyl/N-ethyl adjacent to an activating group) is 1. The van der Waals surface area contributed by atoms with Crippen LogP contribution in [0, 0.1) is 0 Å². The minimum atomic E-state index is -3.72. The highest BCUT2D eigenvalue weighted by molar-refractivity contribution is 7.89. The number of ether oxygens (including phenoxy) is 1. The fourth-order valence-electron chi connectivity index (χ4n) is 3.32. The molecule has 9 heteroatoms. The zero-order chi connectivity index (χ0) is 23.1. The molecule has 0 aliphatic carbocycles. The van der Waals surface area contributed by atoms with Gasteiger partial charge in [0.05, 0.1) is 51.0 Å². The molecule has 0 fully saturated rings. The van der Waals surface area contributed by atoms with Gasteiger partial charge < -0.3 is 19.4 Å². The SMILES string of the molecule is COc1ccccc1[C@H](CNC(=O)c1ccc(S(=O)(=O)NCc2ccco2)cc1)[NH+](C)C. The van der Waals surface area contributed by atoms with Crippen LogP contribution in [0.1, 0.15) is 27.7 Å². The first-order valence-corrected chi connectivity index (χ1v) is 11.6. The first kappa shape index (κ1) is 23.5. The largest absolute Gasteiger partial charge is 0.496 e. The number of amides is 1. The number of sulfonamides is 1. The van der Waals surface area contributed by atoms with Crippen LogP contribution in [0.25, 0.3) is 0 Å². The van der Waals surface area contributed by atoms with Crippen molar-refractivity contribution >= 4 is 15.9 Å². The standard InChI is InChI=1S/C23H27N3O5S/c1-26(2)21(20-8-4-5-9-22(20)30-3)16-24-23(27)17-10-12-19(13-11-17)32(28,29)25-15-18-7-6-14-31-18/h4-14,21,25H,15-16H2,1-3H3,(H,24,27)/p+1/t21-/m0/s1. The molecule has 3 rings (SSSR count). The molecule has 1 heterocycles. The summed E-state index contributed by atoms with van der Waals surface area (Å²) in [5.41, 5.74) is 1.38. The molecule has 0 bridgehead atoms. The van der Waals surface area contributed by atoms with Crippen LogP contribution >= 0.6 is 0 Å². The zero-order valence-electron chi connectivity index (χ0n) is 18.3. The summed E-state index contributed by atoms with van der Waals surface area (Å²) in [6.07, 6.45) is 1.48. The van der Waals surface area contributed by atoms with Crippen LogP contribution in [-0.4, -0.2) is 42.1 Å². The Morgan fingerprint density at radius 2 is 1.78 bits per heavy atom. The molecule has 1 atom stereocenters. The van der Waals surface area contributed by atoms with Gasteiger partial charge in [-0.3, -0.25) is 4.79 Å². The summed E-state index contributed by atoms with van der Waals surface area (Å²) in [6, 6.07) is 16.9. The number of para-hydroxylation sites is 1. The van der Waals surface area contributed by atoms with E-state index in [-0.39, 0.29) is 23.4 Å². The topological polar surface area (TPSA) is 102 Å². The third-order valence-corrected chi connectivity index (χ3v) is 6.54. The Bertz CT molecular complexity index is 1130. The van der Waals surface area contributed by atoms with E-state index in [4.69, 9.17) is 9.15 Å². The van der Waals surface area contributed by atoms with Gasteiger partial charge in [-0.25, -0.2) is 13.1 Å². The fraction of sp³-hybridized carbons (Fsp3) is 0.261. The van der Waals surface area contributed by atoms with E-state index in [9.17, 15) is 13.2 Å². The van der Waals surface area contributed by atoms with Gasteiger partial charge in [-0.2, -0.15) is 0 Å². The summed E-state index contributed by atoms with van der Waals surface area (Å²) in [7, 11) is 1.93. The summed E-state index contributed by atoms with van der Waals surface area (Å²) >= 11 is 0. The van der Waals surface area contributed by atoms with Gasteiger partial charge in [0.1, 0.15) is 17.6 Å². The molecule has 0 aliphatic rings. The molecule has 1 aromatic heterocycles. The third kappa shape index (κ3) is 5.76. The summed E-state index contributed by atoms with van der Waals surface area (Å²) in [5.74, 6) is 1.00. The van der Waals surface area contributed by atoms with Crippen LogP contribution in [0.5, 0.6) is 5.75 Å². The van der Waals surface area contributed by atoms with Crippen LogP contribution in [0.2, 0.25) is 0 Å². The molecule has 0 radical (unpaired) electrons. The Morgan fingerprint density at radius 1 is 1.06 bits per heavy atom. The second-order valence-corrected chi connectivity index (χ2v) is 9.28. The first-order valence-electron chi connectivity index (χ1n) is 10.1. The van der Waals surface area contributed by atoms with E-state index < -0.39 is 10.0 Å². The molecule has 0 aliphatic heterocycles. The lowest BCUT2D eigenvalue weighted by Crippen LogP contribution is -3.07. The van der Waals surface area contributed by atoms with Gasteiger partial charge in [0, 0.05) is 5.56 Å². The summed E-state index contributed by atoms with van der Waals surface area (Å²) < 4.78 is 38.0. The summed E-state index contributed by atoms with van der Waals surface area (Å²) in [6.45, 7) is 0.446. The van der Waals surface area contributed by atoms with Crippen molar-refractivity contribution in [3.8, 4) is 5.75 Å². The highest BCUT2D eigenvalue weighted by atomic mass is 32.2. The molecule has 0 spiro atoms. The Hall–Kier alpha value is -3.14. The normalized spacial score (nSPS) is 12.5. The smallest absolute Gasteiger partial charge is 0.251 e. The van der Waals surface area contributed by atoms with Gasteiger partial charge in [0.2, 0.25) is 10.0 Å². The maximum atomic E-state index is 12.7. The monoisotopic (exact) mass is 458 g/mol. The molecule has 1 amide bonds. The van der Waals surface area contributed by atoms with E-state index in [0.29, 0.717) is 17.9 Å². The number of carbonyl (C=O) groups is 1. The number of benzene rings is 2. The van der Waals surface area contributed by atoms with E-state index in [2.05, 4.69) is 10.0 Å². The number of hydrogen-bond donors (Lipinski definition) is 3. The van der Waals surface area contributed by atoms with Crippen LogP contribution in [0.3, 0.4) is 0 Å². The Morgan fingerprint density at radius 3 is 2.41 bits per heavy atom. The zero-order valence-corrected chi connectivity index (χ0v) is 19.1. The highest BCUT2D eigenvalue weighted by Gasteiger charge is 2.23. The molecular formula is C23H28N3O5S+. The number of quaternary nitrogens is 1. The lowest BCUT2D eigenvalue weighted by atomic mass is 10.0. The van der Waals surface area contributed by atoms with Gasteiger partial charge in [0.25, 0.3) is 5.91 Å². The maximum absolute atomic E-state index is 12.7. The van der Waals surface area contributed by atoms with Crippen molar-refractivity contribution < 1.29 is 27.3 Å². The van der Waals surface area contributed by atoms with Crippen molar-refractivity contribution in [1.29, 1.82) is 0 Å². The highest BCUT2D eigenvalue weighted by Crippen LogP contribution is 2.22. The molecule has 2 aromatic carbocycles. The first-order chi connectivity index (χ1) is 15.3. The molecule has 0 saturated heterocycles. The predicted octanol–water partition coefficient (Wildman–Crippen LogP) is 1.38. The quantitative estimate of drug-likeness (QED) is 0.426. The minimum absolute atomic E-state index is 0.0134. The van der Waals surface area contributed by atoms with Crippen molar-refractivity contribution in [2.24, 2.45) is 0 Å². The second-order valence-electron chi connectivity index (χ2n) is 7.51. The number of furan rings is 1. The summed E-state index contributed by atoms with van der Waals surface area (Å²) in [4.78, 5) is 13.9. The van der Waals surface area contributed by atoms with Gasteiger partial charge >= 0.3 is 0 Å². The van der Waals surface area contributed by atoms with E-state index in [1.807, 2.05) is 38.4 Å². The van der Waals surface area contributed by atoms with Crippen LogP contribution in [-0.2, 0) is 16.6 Å².